The summed E-state index contributed by atoms with van der Waals surface area (Å²) >= 11 is 0. The van der Waals surface area contributed by atoms with Crippen molar-refractivity contribution in [2.24, 2.45) is 7.05 Å². The molecule has 2 amide bonds. The average Bonchev–Trinajstić information content (AvgIpc) is 3.47. The molecule has 0 bridgehead atoms. The highest BCUT2D eigenvalue weighted by atomic mass is 32.2. The fraction of sp³-hybridized carbons (Fsp3) is 0.545. The first-order chi connectivity index (χ1) is 14.9. The number of anilines is 1. The van der Waals surface area contributed by atoms with Crippen molar-refractivity contribution in [1.29, 1.82) is 0 Å². The Bertz CT molecular complexity index is 997. The van der Waals surface area contributed by atoms with E-state index in [1.165, 1.54) is 26.9 Å². The van der Waals surface area contributed by atoms with Gasteiger partial charge in [0.1, 0.15) is 0 Å². The molecule has 1 aromatic heterocycles. The van der Waals surface area contributed by atoms with Crippen LogP contribution in [0.3, 0.4) is 0 Å². The number of urea groups is 1. The molecule has 0 saturated carbocycles. The van der Waals surface area contributed by atoms with Crippen LogP contribution in [-0.2, 0) is 54.1 Å². The Morgan fingerprint density at radius 1 is 1.13 bits per heavy atom. The smallest absolute Gasteiger partial charge is 0.331 e. The topological polar surface area (TPSA) is 105 Å². The summed E-state index contributed by atoms with van der Waals surface area (Å²) in [5.41, 5.74) is 5.41. The van der Waals surface area contributed by atoms with E-state index in [2.05, 4.69) is 21.2 Å². The van der Waals surface area contributed by atoms with E-state index < -0.39 is 22.6 Å². The maximum absolute atomic E-state index is 12.7. The van der Waals surface area contributed by atoms with Gasteiger partial charge in [-0.2, -0.15) is 5.10 Å². The third kappa shape index (κ3) is 4.02. The third-order valence-electron chi connectivity index (χ3n) is 6.10. The highest BCUT2D eigenvalue weighted by Gasteiger charge is 2.41. The van der Waals surface area contributed by atoms with Crippen molar-refractivity contribution in [3.63, 3.8) is 0 Å². The van der Waals surface area contributed by atoms with Crippen LogP contribution in [0.4, 0.5) is 10.5 Å². The van der Waals surface area contributed by atoms with Crippen LogP contribution in [0.15, 0.2) is 17.2 Å². The lowest BCUT2D eigenvalue weighted by Gasteiger charge is -2.35. The second-order valence-electron chi connectivity index (χ2n) is 8.07. The second kappa shape index (κ2) is 8.72. The molecule has 2 aliphatic carbocycles. The van der Waals surface area contributed by atoms with E-state index in [0.717, 1.165) is 44.2 Å². The first kappa shape index (κ1) is 22.0. The lowest BCUT2D eigenvalue weighted by Crippen LogP contribution is -2.47. The molecule has 1 fully saturated rings. The van der Waals surface area contributed by atoms with E-state index in [-0.39, 0.29) is 18.2 Å². The van der Waals surface area contributed by atoms with Gasteiger partial charge in [-0.05, 0) is 60.8 Å². The molecule has 168 valence electrons. The molecule has 1 aliphatic heterocycles. The largest absolute Gasteiger partial charge is 0.379 e. The molecule has 3 aliphatic rings. The zero-order valence-corrected chi connectivity index (χ0v) is 19.1. The number of amides is 2. The molecular weight excluding hydrogens is 416 g/mol. The summed E-state index contributed by atoms with van der Waals surface area (Å²) in [6.45, 7) is 4.35. The van der Waals surface area contributed by atoms with Gasteiger partial charge in [-0.3, -0.25) is 9.40 Å². The molecule has 0 radical (unpaired) electrons. The monoisotopic (exact) mass is 446 g/mol. The summed E-state index contributed by atoms with van der Waals surface area (Å²) in [5.74, 6) is 0. The summed E-state index contributed by atoms with van der Waals surface area (Å²) in [6.07, 6.45) is 6.23. The van der Waals surface area contributed by atoms with Crippen molar-refractivity contribution < 1.29 is 18.8 Å². The van der Waals surface area contributed by atoms with Crippen LogP contribution in [0.2, 0.25) is 0 Å². The van der Waals surface area contributed by atoms with Gasteiger partial charge in [0.05, 0.1) is 18.9 Å². The number of aryl methyl sites for hydroxylation is 3. The number of hydrogen-bond acceptors (Lipinski definition) is 5. The molecule has 8 nitrogen and oxygen atoms in total. The fourth-order valence-electron chi connectivity index (χ4n) is 4.65. The van der Waals surface area contributed by atoms with E-state index in [1.54, 1.807) is 13.1 Å². The van der Waals surface area contributed by atoms with E-state index in [9.17, 15) is 14.1 Å². The molecule has 9 heteroatoms. The Hall–Kier alpha value is -2.23. The van der Waals surface area contributed by atoms with Crippen LogP contribution in [0.25, 0.3) is 0 Å². The minimum absolute atomic E-state index is 0.177. The molecule has 1 saturated heterocycles. The Morgan fingerprint density at radius 3 is 2.29 bits per heavy atom. The molecule has 1 aromatic carbocycles. The number of benzene rings is 1. The quantitative estimate of drug-likeness (QED) is 0.669. The standard InChI is InChI=1S/C20H24N4O4S.C2H6/c1-24-16(20(26)10-28-11-20)9-17(22-24)29(27)23-19(25)21-18-14-6-2-4-12(14)8-13-5-3-7-15(13)18;1-2/h8-9,26H,2-7,10-11H2,1H3,(H2,21,23,25);1-2H3. The van der Waals surface area contributed by atoms with Crippen LogP contribution in [-0.4, -0.2) is 38.3 Å². The number of aromatic nitrogens is 2. The zero-order valence-electron chi connectivity index (χ0n) is 18.3. The van der Waals surface area contributed by atoms with Crippen molar-refractivity contribution in [3.8, 4) is 0 Å². The maximum Gasteiger partial charge on any atom is 0.331 e. The number of carbonyl (C=O) groups is 1. The normalized spacial score (nSPS) is 18.8. The highest BCUT2D eigenvalue weighted by molar-refractivity contribution is 7.83. The minimum atomic E-state index is -1.83. The van der Waals surface area contributed by atoms with Gasteiger partial charge in [-0.1, -0.05) is 19.9 Å². The number of ether oxygens (including phenoxy) is 1. The van der Waals surface area contributed by atoms with Crippen LogP contribution in [0.1, 0.15) is 54.6 Å². The van der Waals surface area contributed by atoms with Gasteiger partial charge in [-0.25, -0.2) is 9.00 Å². The summed E-state index contributed by atoms with van der Waals surface area (Å²) in [6, 6.07) is 3.35. The Balaban J connectivity index is 0.00000112. The second-order valence-corrected chi connectivity index (χ2v) is 9.23. The van der Waals surface area contributed by atoms with Crippen LogP contribution < -0.4 is 10.0 Å². The fourth-order valence-corrected chi connectivity index (χ4v) is 5.39. The predicted molar refractivity (Wildman–Crippen MR) is 118 cm³/mol. The molecule has 1 atom stereocenters. The maximum atomic E-state index is 12.7. The Morgan fingerprint density at radius 2 is 1.74 bits per heavy atom. The minimum Gasteiger partial charge on any atom is -0.379 e. The molecular formula is C22H30N4O4S. The summed E-state index contributed by atoms with van der Waals surface area (Å²) in [4.78, 5) is 12.6. The number of nitrogens with zero attached hydrogens (tertiary/aromatic N) is 2. The van der Waals surface area contributed by atoms with Gasteiger partial charge >= 0.3 is 6.03 Å². The lowest BCUT2D eigenvalue weighted by atomic mass is 9.98. The number of carbonyl (C=O) groups excluding carboxylic acids is 1. The number of fused-ring (bicyclic) bond motifs is 2. The zero-order chi connectivity index (χ0) is 22.2. The molecule has 31 heavy (non-hydrogen) atoms. The van der Waals surface area contributed by atoms with Crippen molar-refractivity contribution in [1.82, 2.24) is 14.5 Å². The van der Waals surface area contributed by atoms with Gasteiger partial charge in [0.15, 0.2) is 21.6 Å². The highest BCUT2D eigenvalue weighted by Crippen LogP contribution is 2.38. The molecule has 2 heterocycles. The molecule has 0 spiro atoms. The van der Waals surface area contributed by atoms with Crippen molar-refractivity contribution >= 4 is 22.7 Å². The number of hydrogen-bond donors (Lipinski definition) is 3. The van der Waals surface area contributed by atoms with Gasteiger partial charge in [-0.15, -0.1) is 0 Å². The number of aliphatic hydroxyl groups is 1. The third-order valence-corrected chi connectivity index (χ3v) is 7.05. The summed E-state index contributed by atoms with van der Waals surface area (Å²) < 4.78 is 21.7. The Labute approximate surface area is 185 Å². The van der Waals surface area contributed by atoms with Crippen LogP contribution in [0, 0.1) is 0 Å². The van der Waals surface area contributed by atoms with Crippen molar-refractivity contribution in [2.45, 2.75) is 63.0 Å². The van der Waals surface area contributed by atoms with Crippen LogP contribution >= 0.6 is 0 Å². The SMILES string of the molecule is CC.Cn1nc(S(=O)NC(=O)Nc2c3c(cc4c2CCC4)CCC3)cc1C1(O)COC1. The molecule has 1 unspecified atom stereocenters. The van der Waals surface area contributed by atoms with E-state index in [4.69, 9.17) is 4.74 Å². The first-order valence-electron chi connectivity index (χ1n) is 11.0. The van der Waals surface area contributed by atoms with E-state index >= 15 is 0 Å². The number of rotatable bonds is 4. The predicted octanol–water partition coefficient (Wildman–Crippen LogP) is 2.49. The lowest BCUT2D eigenvalue weighted by molar-refractivity contribution is -0.188. The van der Waals surface area contributed by atoms with Gasteiger partial charge in [0.25, 0.3) is 0 Å². The Kier molecular flexibility index (Phi) is 6.18. The molecule has 2 aromatic rings. The van der Waals surface area contributed by atoms with Gasteiger partial charge in [0, 0.05) is 18.8 Å². The molecule has 5 rings (SSSR count). The summed E-state index contributed by atoms with van der Waals surface area (Å²) in [5, 5.41) is 17.8. The van der Waals surface area contributed by atoms with Crippen molar-refractivity contribution in [2.75, 3.05) is 18.5 Å². The number of nitrogens with one attached hydrogen (secondary N) is 2. The summed E-state index contributed by atoms with van der Waals surface area (Å²) in [7, 11) is -0.162. The van der Waals surface area contributed by atoms with E-state index in [0.29, 0.717) is 5.69 Å². The average molecular weight is 447 g/mol. The molecule has 3 N–H and O–H groups in total. The van der Waals surface area contributed by atoms with Crippen molar-refractivity contribution in [3.05, 3.63) is 40.1 Å². The van der Waals surface area contributed by atoms with Crippen LogP contribution in [0.5, 0.6) is 0 Å². The van der Waals surface area contributed by atoms with Gasteiger partial charge in [0.2, 0.25) is 0 Å². The first-order valence-corrected chi connectivity index (χ1v) is 12.1. The van der Waals surface area contributed by atoms with Gasteiger partial charge < -0.3 is 15.2 Å². The van der Waals surface area contributed by atoms with E-state index in [1.807, 2.05) is 13.8 Å².